The van der Waals surface area contributed by atoms with Gasteiger partial charge in [0.25, 0.3) is 0 Å². The van der Waals surface area contributed by atoms with E-state index in [-0.39, 0.29) is 5.41 Å². The van der Waals surface area contributed by atoms with Gasteiger partial charge in [0.15, 0.2) is 0 Å². The molecule has 270 valence electrons. The van der Waals surface area contributed by atoms with Gasteiger partial charge in [0, 0.05) is 33.1 Å². The fourth-order valence-electron chi connectivity index (χ4n) is 9.31. The molecule has 0 unspecified atom stereocenters. The lowest BCUT2D eigenvalue weighted by atomic mass is 9.79. The van der Waals surface area contributed by atoms with Gasteiger partial charge >= 0.3 is 0 Å². The summed E-state index contributed by atoms with van der Waals surface area (Å²) < 4.78 is 6.24. The van der Waals surface area contributed by atoms with Gasteiger partial charge in [0.05, 0.1) is 5.69 Å². The molecule has 0 atom stereocenters. The van der Waals surface area contributed by atoms with Gasteiger partial charge < -0.3 is 9.32 Å². The summed E-state index contributed by atoms with van der Waals surface area (Å²) in [5, 5.41) is 4.72. The summed E-state index contributed by atoms with van der Waals surface area (Å²) in [5.41, 5.74) is 17.6. The molecule has 9 aromatic carbocycles. The molecule has 1 aliphatic rings. The Kier molecular flexibility index (Phi) is 7.55. The Bertz CT molecular complexity index is 3170. The van der Waals surface area contributed by atoms with Crippen molar-refractivity contribution in [3.05, 3.63) is 211 Å². The summed E-state index contributed by atoms with van der Waals surface area (Å²) in [7, 11) is 0. The minimum absolute atomic E-state index is 0.100. The molecule has 2 heteroatoms. The number of para-hydroxylation sites is 2. The largest absolute Gasteiger partial charge is 0.456 e. The van der Waals surface area contributed by atoms with Crippen LogP contribution in [0.2, 0.25) is 0 Å². The van der Waals surface area contributed by atoms with Crippen LogP contribution < -0.4 is 4.90 Å². The highest BCUT2D eigenvalue weighted by molar-refractivity contribution is 6.07. The van der Waals surface area contributed by atoms with E-state index in [9.17, 15) is 0 Å². The summed E-state index contributed by atoms with van der Waals surface area (Å²) in [6.07, 6.45) is 0. The van der Waals surface area contributed by atoms with Crippen molar-refractivity contribution in [3.8, 4) is 44.5 Å². The highest BCUT2D eigenvalue weighted by Crippen LogP contribution is 2.52. The van der Waals surface area contributed by atoms with Gasteiger partial charge in [-0.3, -0.25) is 0 Å². The molecule has 2 nitrogen and oxygen atoms in total. The van der Waals surface area contributed by atoms with Crippen molar-refractivity contribution >= 4 is 49.8 Å². The second-order valence-electron chi connectivity index (χ2n) is 15.7. The fraction of sp³-hybridized carbons (Fsp3) is 0.0545. The van der Waals surface area contributed by atoms with Gasteiger partial charge in [-0.2, -0.15) is 0 Å². The van der Waals surface area contributed by atoms with Crippen LogP contribution in [0.15, 0.2) is 205 Å². The summed E-state index contributed by atoms with van der Waals surface area (Å²) in [6, 6.07) is 72.7. The van der Waals surface area contributed by atoms with E-state index in [1.807, 2.05) is 12.1 Å². The molecule has 11 rings (SSSR count). The van der Waals surface area contributed by atoms with E-state index in [0.29, 0.717) is 0 Å². The van der Waals surface area contributed by atoms with E-state index in [1.165, 1.54) is 55.3 Å². The van der Waals surface area contributed by atoms with Crippen molar-refractivity contribution in [2.75, 3.05) is 4.90 Å². The number of nitrogens with zero attached hydrogens (tertiary/aromatic N) is 1. The quantitative estimate of drug-likeness (QED) is 0.169. The molecule has 0 spiro atoms. The highest BCUT2D eigenvalue weighted by atomic mass is 16.3. The zero-order valence-electron chi connectivity index (χ0n) is 31.9. The van der Waals surface area contributed by atoms with Gasteiger partial charge in [-0.05, 0) is 115 Å². The predicted octanol–water partition coefficient (Wildman–Crippen LogP) is 15.5. The standard InChI is InChI=1S/C55H39NO/c1-55(2)50-22-8-5-18-46(50)48-21-12-20-45(54(48)55)37-27-30-42(31-28-37)56(43-16-11-15-39(34-43)40-26-25-36-13-3-4-14-38(36)33-40)51-23-9-6-17-44(51)41-29-32-53-49(35-41)47-19-7-10-24-52(47)57-53/h3-35H,1-2H3. The Labute approximate surface area is 332 Å². The molecule has 0 saturated heterocycles. The molecule has 0 aliphatic heterocycles. The van der Waals surface area contributed by atoms with Crippen LogP contribution in [0.25, 0.3) is 77.2 Å². The van der Waals surface area contributed by atoms with Crippen molar-refractivity contribution in [3.63, 3.8) is 0 Å². The molecule has 0 amide bonds. The minimum atomic E-state index is -0.100. The number of rotatable bonds is 6. The fourth-order valence-corrected chi connectivity index (χ4v) is 9.31. The lowest BCUT2D eigenvalue weighted by Gasteiger charge is -2.29. The molecule has 10 aromatic rings. The van der Waals surface area contributed by atoms with Gasteiger partial charge in [-0.15, -0.1) is 0 Å². The van der Waals surface area contributed by atoms with Crippen LogP contribution in [0.5, 0.6) is 0 Å². The van der Waals surface area contributed by atoms with Crippen LogP contribution >= 0.6 is 0 Å². The minimum Gasteiger partial charge on any atom is -0.456 e. The lowest BCUT2D eigenvalue weighted by Crippen LogP contribution is -2.16. The monoisotopic (exact) mass is 729 g/mol. The average Bonchev–Trinajstić information content (AvgIpc) is 3.75. The van der Waals surface area contributed by atoms with Crippen LogP contribution in [-0.2, 0) is 5.41 Å². The molecule has 57 heavy (non-hydrogen) atoms. The molecule has 0 N–H and O–H groups in total. The van der Waals surface area contributed by atoms with Crippen LogP contribution in [0, 0.1) is 0 Å². The van der Waals surface area contributed by atoms with E-state index in [2.05, 4.69) is 207 Å². The Morgan fingerprint density at radius 3 is 1.93 bits per heavy atom. The zero-order valence-corrected chi connectivity index (χ0v) is 31.9. The second kappa shape index (κ2) is 13.0. The number of hydrogen-bond donors (Lipinski definition) is 0. The van der Waals surface area contributed by atoms with Gasteiger partial charge in [0.2, 0.25) is 0 Å². The number of fused-ring (bicyclic) bond motifs is 7. The van der Waals surface area contributed by atoms with E-state index in [1.54, 1.807) is 0 Å². The topological polar surface area (TPSA) is 16.4 Å². The molecular weight excluding hydrogens is 691 g/mol. The third-order valence-electron chi connectivity index (χ3n) is 12.0. The Hall–Kier alpha value is -7.16. The first-order chi connectivity index (χ1) is 28.0. The van der Waals surface area contributed by atoms with Crippen LogP contribution in [0.1, 0.15) is 25.0 Å². The summed E-state index contributed by atoms with van der Waals surface area (Å²) in [4.78, 5) is 2.41. The van der Waals surface area contributed by atoms with Gasteiger partial charge in [0.1, 0.15) is 11.2 Å². The molecule has 1 aliphatic carbocycles. The first-order valence-corrected chi connectivity index (χ1v) is 19.8. The summed E-state index contributed by atoms with van der Waals surface area (Å²) in [5.74, 6) is 0. The third-order valence-corrected chi connectivity index (χ3v) is 12.0. The molecule has 0 saturated carbocycles. The molecule has 1 heterocycles. The van der Waals surface area contributed by atoms with Crippen LogP contribution in [0.4, 0.5) is 17.1 Å². The van der Waals surface area contributed by atoms with E-state index >= 15 is 0 Å². The SMILES string of the molecule is CC1(C)c2ccccc2-c2cccc(-c3ccc(N(c4cccc(-c5ccc6ccccc6c5)c4)c4ccccc4-c4ccc5oc6ccccc6c5c4)cc3)c21. The normalized spacial score (nSPS) is 12.9. The Morgan fingerprint density at radius 2 is 1.04 bits per heavy atom. The van der Waals surface area contributed by atoms with Gasteiger partial charge in [-0.1, -0.05) is 159 Å². The van der Waals surface area contributed by atoms with Crippen LogP contribution in [0.3, 0.4) is 0 Å². The maximum atomic E-state index is 6.24. The summed E-state index contributed by atoms with van der Waals surface area (Å²) in [6.45, 7) is 4.72. The lowest BCUT2D eigenvalue weighted by molar-refractivity contribution is 0.662. The van der Waals surface area contributed by atoms with Crippen molar-refractivity contribution < 1.29 is 4.42 Å². The van der Waals surface area contributed by atoms with E-state index < -0.39 is 0 Å². The number of anilines is 3. The Balaban J connectivity index is 1.07. The number of hydrogen-bond acceptors (Lipinski definition) is 2. The van der Waals surface area contributed by atoms with Crippen molar-refractivity contribution in [1.82, 2.24) is 0 Å². The highest BCUT2D eigenvalue weighted by Gasteiger charge is 2.37. The second-order valence-corrected chi connectivity index (χ2v) is 15.7. The zero-order chi connectivity index (χ0) is 38.1. The van der Waals surface area contributed by atoms with Crippen molar-refractivity contribution in [2.24, 2.45) is 0 Å². The Morgan fingerprint density at radius 1 is 0.386 bits per heavy atom. The first-order valence-electron chi connectivity index (χ1n) is 19.8. The number of benzene rings is 9. The molecule has 0 radical (unpaired) electrons. The van der Waals surface area contributed by atoms with Crippen molar-refractivity contribution in [2.45, 2.75) is 19.3 Å². The maximum absolute atomic E-state index is 6.24. The third kappa shape index (κ3) is 5.40. The van der Waals surface area contributed by atoms with Gasteiger partial charge in [-0.25, -0.2) is 0 Å². The molecular formula is C55H39NO. The first kappa shape index (κ1) is 33.2. The van der Waals surface area contributed by atoms with E-state index in [0.717, 1.165) is 50.1 Å². The van der Waals surface area contributed by atoms with E-state index in [4.69, 9.17) is 4.42 Å². The molecule has 0 bridgehead atoms. The maximum Gasteiger partial charge on any atom is 0.135 e. The summed E-state index contributed by atoms with van der Waals surface area (Å²) >= 11 is 0. The average molecular weight is 730 g/mol. The smallest absolute Gasteiger partial charge is 0.135 e. The molecule has 1 aromatic heterocycles. The van der Waals surface area contributed by atoms with Crippen molar-refractivity contribution in [1.29, 1.82) is 0 Å². The molecule has 0 fully saturated rings. The predicted molar refractivity (Wildman–Crippen MR) is 240 cm³/mol. The number of furan rings is 1. The van der Waals surface area contributed by atoms with Crippen LogP contribution in [-0.4, -0.2) is 0 Å².